The maximum atomic E-state index is 12.3. The predicted molar refractivity (Wildman–Crippen MR) is 111 cm³/mol. The Kier molecular flexibility index (Phi) is 6.84. The second kappa shape index (κ2) is 9.73. The zero-order valence-electron chi connectivity index (χ0n) is 16.5. The molecule has 0 saturated heterocycles. The molecule has 0 fully saturated rings. The third-order valence-corrected chi connectivity index (χ3v) is 4.76. The van der Waals surface area contributed by atoms with Crippen LogP contribution in [0.1, 0.15) is 18.4 Å². The Morgan fingerprint density at radius 1 is 1.00 bits per heavy atom. The second-order valence-corrected chi connectivity index (χ2v) is 6.83. The SMILES string of the molecule is Cn1c(=O)n(CCC(=O)OCC(=O)NCCCc2ccccc2)c2ccccc21. The van der Waals surface area contributed by atoms with Crippen molar-refractivity contribution in [3.8, 4) is 0 Å². The lowest BCUT2D eigenvalue weighted by molar-refractivity contribution is -0.148. The molecule has 0 bridgehead atoms. The number of aryl methyl sites for hydroxylation is 3. The number of rotatable bonds is 9. The number of hydrogen-bond donors (Lipinski definition) is 1. The molecule has 1 amide bonds. The maximum absolute atomic E-state index is 12.3. The quantitative estimate of drug-likeness (QED) is 0.444. The van der Waals surface area contributed by atoms with E-state index in [0.29, 0.717) is 6.54 Å². The smallest absolute Gasteiger partial charge is 0.328 e. The van der Waals surface area contributed by atoms with Crippen molar-refractivity contribution in [3.05, 3.63) is 70.6 Å². The molecule has 7 nitrogen and oxygen atoms in total. The lowest BCUT2D eigenvalue weighted by Gasteiger charge is -2.07. The fourth-order valence-electron chi connectivity index (χ4n) is 3.22. The Morgan fingerprint density at radius 3 is 2.45 bits per heavy atom. The molecule has 2 aromatic carbocycles. The van der Waals surface area contributed by atoms with Crippen LogP contribution in [0, 0.1) is 0 Å². The van der Waals surface area contributed by atoms with E-state index in [1.165, 1.54) is 5.56 Å². The van der Waals surface area contributed by atoms with Gasteiger partial charge >= 0.3 is 11.7 Å². The number of amides is 1. The highest BCUT2D eigenvalue weighted by Crippen LogP contribution is 2.11. The number of imidazole rings is 1. The van der Waals surface area contributed by atoms with Crippen molar-refractivity contribution in [2.45, 2.75) is 25.8 Å². The van der Waals surface area contributed by atoms with Crippen molar-refractivity contribution >= 4 is 22.9 Å². The Balaban J connectivity index is 1.38. The zero-order chi connectivity index (χ0) is 20.6. The highest BCUT2D eigenvalue weighted by atomic mass is 16.5. The summed E-state index contributed by atoms with van der Waals surface area (Å²) in [5.74, 6) is -0.835. The Hall–Kier alpha value is -3.35. The Morgan fingerprint density at radius 2 is 1.69 bits per heavy atom. The van der Waals surface area contributed by atoms with Crippen LogP contribution in [0.25, 0.3) is 11.0 Å². The average molecular weight is 395 g/mol. The van der Waals surface area contributed by atoms with Crippen LogP contribution in [-0.2, 0) is 34.3 Å². The summed E-state index contributed by atoms with van der Waals surface area (Å²) in [6, 6.07) is 17.4. The normalized spacial score (nSPS) is 10.8. The first-order valence-corrected chi connectivity index (χ1v) is 9.67. The maximum Gasteiger partial charge on any atom is 0.328 e. The summed E-state index contributed by atoms with van der Waals surface area (Å²) in [5.41, 5.74) is 2.61. The van der Waals surface area contributed by atoms with E-state index in [1.807, 2.05) is 54.6 Å². The number of aromatic nitrogens is 2. The first-order chi connectivity index (χ1) is 14.1. The molecule has 0 atom stereocenters. The molecule has 0 aliphatic carbocycles. The molecule has 3 aromatic rings. The van der Waals surface area contributed by atoms with Crippen LogP contribution in [0.4, 0.5) is 0 Å². The average Bonchev–Trinajstić information content (AvgIpc) is 2.99. The summed E-state index contributed by atoms with van der Waals surface area (Å²) in [4.78, 5) is 36.1. The number of ether oxygens (including phenoxy) is 1. The number of nitrogens with zero attached hydrogens (tertiary/aromatic N) is 2. The fraction of sp³-hybridized carbons (Fsp3) is 0.318. The number of fused-ring (bicyclic) bond motifs is 1. The molecular formula is C22H25N3O4. The van der Waals surface area contributed by atoms with E-state index in [4.69, 9.17) is 4.74 Å². The summed E-state index contributed by atoms with van der Waals surface area (Å²) in [6.45, 7) is 0.420. The van der Waals surface area contributed by atoms with Gasteiger partial charge in [-0.05, 0) is 30.5 Å². The van der Waals surface area contributed by atoms with E-state index in [1.54, 1.807) is 16.2 Å². The Labute approximate surface area is 168 Å². The van der Waals surface area contributed by atoms with E-state index in [0.717, 1.165) is 23.9 Å². The molecule has 0 saturated carbocycles. The van der Waals surface area contributed by atoms with Gasteiger partial charge in [-0.2, -0.15) is 0 Å². The first kappa shape index (κ1) is 20.4. The number of para-hydroxylation sites is 2. The molecule has 0 aliphatic heterocycles. The predicted octanol–water partition coefficient (Wildman–Crippen LogP) is 2.02. The minimum atomic E-state index is -0.510. The van der Waals surface area contributed by atoms with Crippen LogP contribution >= 0.6 is 0 Å². The first-order valence-electron chi connectivity index (χ1n) is 9.67. The van der Waals surface area contributed by atoms with Crippen LogP contribution in [0.5, 0.6) is 0 Å². The molecule has 7 heteroatoms. The molecule has 0 spiro atoms. The largest absolute Gasteiger partial charge is 0.456 e. The van der Waals surface area contributed by atoms with Gasteiger partial charge in [-0.3, -0.25) is 18.7 Å². The number of carbonyl (C=O) groups excluding carboxylic acids is 2. The molecule has 0 aliphatic rings. The molecule has 0 radical (unpaired) electrons. The van der Waals surface area contributed by atoms with Gasteiger partial charge in [0.15, 0.2) is 6.61 Å². The molecule has 1 N–H and O–H groups in total. The highest BCUT2D eigenvalue weighted by molar-refractivity contribution is 5.80. The van der Waals surface area contributed by atoms with Gasteiger partial charge in [-0.1, -0.05) is 42.5 Å². The van der Waals surface area contributed by atoms with Crippen molar-refractivity contribution in [3.63, 3.8) is 0 Å². The second-order valence-electron chi connectivity index (χ2n) is 6.83. The molecule has 1 heterocycles. The lowest BCUT2D eigenvalue weighted by atomic mass is 10.1. The fourth-order valence-corrected chi connectivity index (χ4v) is 3.22. The summed E-state index contributed by atoms with van der Waals surface area (Å²) < 4.78 is 8.11. The van der Waals surface area contributed by atoms with Crippen molar-refractivity contribution in [1.29, 1.82) is 0 Å². The van der Waals surface area contributed by atoms with Gasteiger partial charge < -0.3 is 10.1 Å². The van der Waals surface area contributed by atoms with Crippen molar-refractivity contribution in [2.75, 3.05) is 13.2 Å². The monoisotopic (exact) mass is 395 g/mol. The molecule has 29 heavy (non-hydrogen) atoms. The van der Waals surface area contributed by atoms with Crippen molar-refractivity contribution < 1.29 is 14.3 Å². The van der Waals surface area contributed by atoms with Gasteiger partial charge in [0.25, 0.3) is 5.91 Å². The van der Waals surface area contributed by atoms with Gasteiger partial charge in [0, 0.05) is 20.1 Å². The minimum Gasteiger partial charge on any atom is -0.456 e. The molecule has 1 aromatic heterocycles. The molecule has 3 rings (SSSR count). The standard InChI is InChI=1S/C22H25N3O4/c1-24-18-11-5-6-12-19(18)25(22(24)28)15-13-21(27)29-16-20(26)23-14-7-10-17-8-3-2-4-9-17/h2-6,8-9,11-12H,7,10,13-16H2,1H3,(H,23,26). The third kappa shape index (κ3) is 5.34. The van der Waals surface area contributed by atoms with E-state index in [-0.39, 0.29) is 31.2 Å². The van der Waals surface area contributed by atoms with Crippen LogP contribution in [0.2, 0.25) is 0 Å². The van der Waals surface area contributed by atoms with E-state index >= 15 is 0 Å². The third-order valence-electron chi connectivity index (χ3n) is 4.76. The topological polar surface area (TPSA) is 82.3 Å². The van der Waals surface area contributed by atoms with Crippen LogP contribution in [0.15, 0.2) is 59.4 Å². The Bertz CT molecular complexity index is 1040. The molecule has 0 unspecified atom stereocenters. The van der Waals surface area contributed by atoms with Crippen molar-refractivity contribution in [2.24, 2.45) is 7.05 Å². The highest BCUT2D eigenvalue weighted by Gasteiger charge is 2.13. The number of hydrogen-bond acceptors (Lipinski definition) is 4. The lowest BCUT2D eigenvalue weighted by Crippen LogP contribution is -2.30. The van der Waals surface area contributed by atoms with Crippen LogP contribution in [-0.4, -0.2) is 34.2 Å². The van der Waals surface area contributed by atoms with Crippen LogP contribution < -0.4 is 11.0 Å². The molecule has 152 valence electrons. The van der Waals surface area contributed by atoms with E-state index in [2.05, 4.69) is 5.32 Å². The van der Waals surface area contributed by atoms with E-state index < -0.39 is 5.97 Å². The summed E-state index contributed by atoms with van der Waals surface area (Å²) in [7, 11) is 1.70. The van der Waals surface area contributed by atoms with Gasteiger partial charge in [0.2, 0.25) is 0 Å². The number of benzene rings is 2. The number of nitrogens with one attached hydrogen (secondary N) is 1. The minimum absolute atomic E-state index is 0.0230. The summed E-state index contributed by atoms with van der Waals surface area (Å²) in [6.07, 6.45) is 1.71. The van der Waals surface area contributed by atoms with Gasteiger partial charge in [0.05, 0.1) is 17.5 Å². The van der Waals surface area contributed by atoms with Gasteiger partial charge in [-0.25, -0.2) is 4.79 Å². The number of carbonyl (C=O) groups is 2. The van der Waals surface area contributed by atoms with Gasteiger partial charge in [0.1, 0.15) is 0 Å². The zero-order valence-corrected chi connectivity index (χ0v) is 16.5. The van der Waals surface area contributed by atoms with Crippen molar-refractivity contribution in [1.82, 2.24) is 14.5 Å². The van der Waals surface area contributed by atoms with Gasteiger partial charge in [-0.15, -0.1) is 0 Å². The van der Waals surface area contributed by atoms with E-state index in [9.17, 15) is 14.4 Å². The summed E-state index contributed by atoms with van der Waals surface area (Å²) >= 11 is 0. The number of esters is 1. The summed E-state index contributed by atoms with van der Waals surface area (Å²) in [5, 5.41) is 2.74. The molecular weight excluding hydrogens is 370 g/mol. The van der Waals surface area contributed by atoms with Crippen LogP contribution in [0.3, 0.4) is 0 Å².